The Morgan fingerprint density at radius 1 is 1.17 bits per heavy atom. The molecule has 0 spiro atoms. The van der Waals surface area contributed by atoms with Crippen molar-refractivity contribution >= 4 is 27.8 Å². The van der Waals surface area contributed by atoms with E-state index in [1.54, 1.807) is 6.92 Å². The van der Waals surface area contributed by atoms with Crippen molar-refractivity contribution in [2.24, 2.45) is 0 Å². The Morgan fingerprint density at radius 2 is 1.79 bits per heavy atom. The Hall–Kier alpha value is -2.22. The predicted octanol–water partition coefficient (Wildman–Crippen LogP) is 3.36. The first kappa shape index (κ1) is 21.5. The number of aliphatic hydroxyl groups is 1. The van der Waals surface area contributed by atoms with Gasteiger partial charge in [0.15, 0.2) is 0 Å². The molecule has 0 unspecified atom stereocenters. The molecule has 1 fully saturated rings. The molecule has 1 N–H and O–H groups in total. The smallest absolute Gasteiger partial charge is 0.315 e. The zero-order valence-corrected chi connectivity index (χ0v) is 17.7. The summed E-state index contributed by atoms with van der Waals surface area (Å²) in [6.07, 6.45) is -2.01. The highest BCUT2D eigenvalue weighted by molar-refractivity contribution is 9.09. The van der Waals surface area contributed by atoms with Crippen molar-refractivity contribution in [3.8, 4) is 0 Å². The third-order valence-electron chi connectivity index (χ3n) is 4.82. The Bertz CT molecular complexity index is 816. The molecule has 3 rings (SSSR count). The molecule has 4 atom stereocenters. The Kier molecular flexibility index (Phi) is 7.41. The van der Waals surface area contributed by atoms with Gasteiger partial charge in [0.2, 0.25) is 5.91 Å². The molecule has 154 valence electrons. The van der Waals surface area contributed by atoms with Crippen LogP contribution < -0.4 is 0 Å². The van der Waals surface area contributed by atoms with Gasteiger partial charge in [-0.25, -0.2) is 0 Å². The van der Waals surface area contributed by atoms with Gasteiger partial charge in [0.25, 0.3) is 0 Å². The summed E-state index contributed by atoms with van der Waals surface area (Å²) >= 11 is 3.53. The molecule has 0 saturated carbocycles. The first-order valence-electron chi connectivity index (χ1n) is 9.53. The number of carbonyl (C=O) groups excluding carboxylic acids is 2. The summed E-state index contributed by atoms with van der Waals surface area (Å²) in [6.45, 7) is 2.18. The minimum absolute atomic E-state index is 0.210. The maximum absolute atomic E-state index is 13.0. The molecule has 1 aliphatic heterocycles. The van der Waals surface area contributed by atoms with E-state index in [0.29, 0.717) is 5.56 Å². The lowest BCUT2D eigenvalue weighted by Gasteiger charge is -2.33. The molecule has 6 nitrogen and oxygen atoms in total. The molecule has 1 aliphatic rings. The molecule has 0 bridgehead atoms. The normalized spacial score (nSPS) is 20.9. The largest absolute Gasteiger partial charge is 0.466 e. The van der Waals surface area contributed by atoms with E-state index in [0.717, 1.165) is 5.56 Å². The van der Waals surface area contributed by atoms with Gasteiger partial charge in [-0.3, -0.25) is 9.59 Å². The lowest BCUT2D eigenvalue weighted by atomic mass is 10.0. The molecule has 0 radical (unpaired) electrons. The van der Waals surface area contributed by atoms with Crippen LogP contribution in [0.4, 0.5) is 0 Å². The number of carbonyl (C=O) groups is 2. The summed E-state index contributed by atoms with van der Waals surface area (Å²) in [6, 6.07) is 18.3. The number of nitrogens with zero attached hydrogens (tertiary/aromatic N) is 1. The van der Waals surface area contributed by atoms with Crippen LogP contribution in [0.25, 0.3) is 0 Å². The number of aliphatic hydroxyl groups excluding tert-OH is 1. The van der Waals surface area contributed by atoms with Gasteiger partial charge >= 0.3 is 5.97 Å². The number of benzene rings is 2. The van der Waals surface area contributed by atoms with E-state index in [2.05, 4.69) is 15.9 Å². The second kappa shape index (κ2) is 10.0. The van der Waals surface area contributed by atoms with E-state index < -0.39 is 29.0 Å². The van der Waals surface area contributed by atoms with Gasteiger partial charge in [-0.15, -0.1) is 0 Å². The predicted molar refractivity (Wildman–Crippen MR) is 111 cm³/mol. The minimum atomic E-state index is -0.895. The summed E-state index contributed by atoms with van der Waals surface area (Å²) in [4.78, 5) is 25.9. The molecule has 2 aromatic carbocycles. The van der Waals surface area contributed by atoms with Crippen molar-refractivity contribution in [2.45, 2.75) is 36.5 Å². The zero-order valence-electron chi connectivity index (χ0n) is 16.1. The van der Waals surface area contributed by atoms with Crippen molar-refractivity contribution in [1.82, 2.24) is 4.90 Å². The SMILES string of the molecule is CCOC(=O)CC(=O)N1[C@@H]([C@@H](Br)[C@@H](O)c2ccccc2)OC[C@H]1c1ccccc1. The fraction of sp³-hybridized carbons (Fsp3) is 0.364. The fourth-order valence-electron chi connectivity index (χ4n) is 3.44. The summed E-state index contributed by atoms with van der Waals surface area (Å²) in [7, 11) is 0. The average Bonchev–Trinajstić information content (AvgIpc) is 3.19. The Morgan fingerprint density at radius 3 is 2.41 bits per heavy atom. The molecule has 7 heteroatoms. The van der Waals surface area contributed by atoms with Crippen molar-refractivity contribution < 1.29 is 24.2 Å². The van der Waals surface area contributed by atoms with E-state index in [1.165, 1.54) is 4.90 Å². The Balaban J connectivity index is 1.86. The number of esters is 1. The van der Waals surface area contributed by atoms with E-state index in [-0.39, 0.29) is 25.7 Å². The lowest BCUT2D eigenvalue weighted by Crippen LogP contribution is -2.45. The van der Waals surface area contributed by atoms with E-state index >= 15 is 0 Å². The van der Waals surface area contributed by atoms with Crippen LogP contribution in [-0.2, 0) is 19.1 Å². The van der Waals surface area contributed by atoms with Gasteiger partial charge in [-0.1, -0.05) is 76.6 Å². The van der Waals surface area contributed by atoms with Crippen molar-refractivity contribution in [3.63, 3.8) is 0 Å². The maximum Gasteiger partial charge on any atom is 0.315 e. The number of halogens is 1. The highest BCUT2D eigenvalue weighted by Gasteiger charge is 2.44. The number of rotatable bonds is 7. The molecular weight excluding hydrogens is 438 g/mol. The number of hydrogen-bond donors (Lipinski definition) is 1. The average molecular weight is 462 g/mol. The Labute approximate surface area is 178 Å². The molecule has 0 aliphatic carbocycles. The maximum atomic E-state index is 13.0. The van der Waals surface area contributed by atoms with Gasteiger partial charge in [0, 0.05) is 0 Å². The first-order valence-corrected chi connectivity index (χ1v) is 10.4. The molecular formula is C22H24BrNO5. The standard InChI is InChI=1S/C22H24BrNO5/c1-2-28-19(26)13-18(25)24-17(15-9-5-3-6-10-15)14-29-22(24)20(23)21(27)16-11-7-4-8-12-16/h3-12,17,20-22,27H,2,13-14H2,1H3/t17-,20-,21-,22+/m0/s1. The summed E-state index contributed by atoms with van der Waals surface area (Å²) in [5.41, 5.74) is 1.61. The molecule has 1 heterocycles. The minimum Gasteiger partial charge on any atom is -0.466 e. The number of hydrogen-bond acceptors (Lipinski definition) is 5. The van der Waals surface area contributed by atoms with Crippen LogP contribution in [0, 0.1) is 0 Å². The molecule has 29 heavy (non-hydrogen) atoms. The highest BCUT2D eigenvalue weighted by Crippen LogP contribution is 2.38. The van der Waals surface area contributed by atoms with Crippen LogP contribution in [0.15, 0.2) is 60.7 Å². The van der Waals surface area contributed by atoms with Gasteiger partial charge in [0.05, 0.1) is 30.2 Å². The molecule has 0 aromatic heterocycles. The third kappa shape index (κ3) is 5.04. The van der Waals surface area contributed by atoms with Gasteiger partial charge in [0.1, 0.15) is 12.6 Å². The second-order valence-corrected chi connectivity index (χ2v) is 7.79. The third-order valence-corrected chi connectivity index (χ3v) is 5.78. The van der Waals surface area contributed by atoms with E-state index in [4.69, 9.17) is 9.47 Å². The monoisotopic (exact) mass is 461 g/mol. The summed E-state index contributed by atoms with van der Waals surface area (Å²) in [5, 5.41) is 10.8. The number of amides is 1. The van der Waals surface area contributed by atoms with Crippen molar-refractivity contribution in [1.29, 1.82) is 0 Å². The molecule has 1 saturated heterocycles. The van der Waals surface area contributed by atoms with E-state index in [1.807, 2.05) is 60.7 Å². The molecule has 1 amide bonds. The van der Waals surface area contributed by atoms with Crippen LogP contribution in [-0.4, -0.2) is 46.2 Å². The summed E-state index contributed by atoms with van der Waals surface area (Å²) < 4.78 is 10.9. The number of alkyl halides is 1. The molecule has 2 aromatic rings. The van der Waals surface area contributed by atoms with Crippen LogP contribution >= 0.6 is 15.9 Å². The van der Waals surface area contributed by atoms with Gasteiger partial charge < -0.3 is 19.5 Å². The zero-order chi connectivity index (χ0) is 20.8. The van der Waals surface area contributed by atoms with Gasteiger partial charge in [-0.05, 0) is 18.1 Å². The first-order chi connectivity index (χ1) is 14.0. The van der Waals surface area contributed by atoms with Crippen molar-refractivity contribution in [2.75, 3.05) is 13.2 Å². The van der Waals surface area contributed by atoms with Crippen LogP contribution in [0.1, 0.15) is 36.6 Å². The van der Waals surface area contributed by atoms with E-state index in [9.17, 15) is 14.7 Å². The lowest BCUT2D eigenvalue weighted by molar-refractivity contribution is -0.151. The number of ether oxygens (including phenoxy) is 2. The quantitative estimate of drug-likeness (QED) is 0.388. The van der Waals surface area contributed by atoms with Crippen molar-refractivity contribution in [3.05, 3.63) is 71.8 Å². The van der Waals surface area contributed by atoms with Crippen LogP contribution in [0.3, 0.4) is 0 Å². The van der Waals surface area contributed by atoms with Crippen LogP contribution in [0.2, 0.25) is 0 Å². The summed E-state index contributed by atoms with van der Waals surface area (Å²) in [5.74, 6) is -0.978. The fourth-order valence-corrected chi connectivity index (χ4v) is 4.15. The highest BCUT2D eigenvalue weighted by atomic mass is 79.9. The topological polar surface area (TPSA) is 76.1 Å². The van der Waals surface area contributed by atoms with Gasteiger partial charge in [-0.2, -0.15) is 0 Å². The van der Waals surface area contributed by atoms with Crippen LogP contribution in [0.5, 0.6) is 0 Å². The second-order valence-electron chi connectivity index (χ2n) is 6.73.